The molecule has 0 fully saturated rings. The Morgan fingerprint density at radius 1 is 0.417 bits per heavy atom. The van der Waals surface area contributed by atoms with Crippen molar-refractivity contribution >= 4 is 32.7 Å². The zero-order valence-electron chi connectivity index (χ0n) is 25.7. The van der Waals surface area contributed by atoms with E-state index in [0.29, 0.717) is 5.82 Å². The fourth-order valence-corrected chi connectivity index (χ4v) is 6.98. The molecule has 1 aliphatic heterocycles. The first-order chi connectivity index (χ1) is 23.8. The summed E-state index contributed by atoms with van der Waals surface area (Å²) in [7, 11) is 0. The summed E-state index contributed by atoms with van der Waals surface area (Å²) in [5.41, 5.74) is 10.8. The number of ether oxygens (including phenoxy) is 1. The second-order valence-corrected chi connectivity index (χ2v) is 12.2. The van der Waals surface area contributed by atoms with Crippen LogP contribution >= 0.6 is 0 Å². The standard InChI is InChI=1S/C44H26N2O2/c1-2-9-30(10-3-1)44-45-37(26-38(46-44)35-16-8-15-34-32-13-4-5-17-39(32)48-43(34)35)28-21-19-27(20-22-28)31-23-24-40-36(25-31)33-14-6-11-29-12-7-18-41(47-40)42(29)33/h1-26H. The average molecular weight is 615 g/mol. The van der Waals surface area contributed by atoms with Gasteiger partial charge in [-0.1, -0.05) is 121 Å². The summed E-state index contributed by atoms with van der Waals surface area (Å²) in [5.74, 6) is 2.45. The zero-order chi connectivity index (χ0) is 31.6. The molecule has 0 aliphatic carbocycles. The number of furan rings is 1. The molecule has 0 spiro atoms. The van der Waals surface area contributed by atoms with Crippen LogP contribution in [0, 0.1) is 0 Å². The smallest absolute Gasteiger partial charge is 0.160 e. The lowest BCUT2D eigenvalue weighted by Gasteiger charge is -2.22. The summed E-state index contributed by atoms with van der Waals surface area (Å²) < 4.78 is 12.7. The summed E-state index contributed by atoms with van der Waals surface area (Å²) >= 11 is 0. The monoisotopic (exact) mass is 614 g/mol. The molecule has 0 bridgehead atoms. The van der Waals surface area contributed by atoms with Gasteiger partial charge in [-0.25, -0.2) is 9.97 Å². The van der Waals surface area contributed by atoms with E-state index in [9.17, 15) is 0 Å². The minimum Gasteiger partial charge on any atom is -0.456 e. The van der Waals surface area contributed by atoms with Gasteiger partial charge in [0.1, 0.15) is 22.7 Å². The topological polar surface area (TPSA) is 48.2 Å². The zero-order valence-corrected chi connectivity index (χ0v) is 25.7. The van der Waals surface area contributed by atoms with Crippen LogP contribution in [0.3, 0.4) is 0 Å². The van der Waals surface area contributed by atoms with Crippen LogP contribution in [0.15, 0.2) is 162 Å². The van der Waals surface area contributed by atoms with E-state index in [1.165, 1.54) is 10.9 Å². The van der Waals surface area contributed by atoms with Gasteiger partial charge in [0, 0.05) is 38.4 Å². The van der Waals surface area contributed by atoms with Gasteiger partial charge in [-0.15, -0.1) is 0 Å². The summed E-state index contributed by atoms with van der Waals surface area (Å²) in [4.78, 5) is 10.1. The maximum Gasteiger partial charge on any atom is 0.160 e. The van der Waals surface area contributed by atoms with Crippen LogP contribution in [0.2, 0.25) is 0 Å². The van der Waals surface area contributed by atoms with E-state index in [0.717, 1.165) is 83.6 Å². The van der Waals surface area contributed by atoms with Crippen molar-refractivity contribution in [1.82, 2.24) is 9.97 Å². The SMILES string of the molecule is c1ccc(-c2nc(-c3ccc(-c4ccc5c(c4)-c4cccc6cccc(c46)O5)cc3)cc(-c3cccc4c3oc3ccccc34)n2)cc1. The van der Waals surface area contributed by atoms with E-state index in [1.54, 1.807) is 0 Å². The molecule has 10 rings (SSSR count). The maximum atomic E-state index is 6.40. The predicted molar refractivity (Wildman–Crippen MR) is 194 cm³/mol. The number of hydrogen-bond acceptors (Lipinski definition) is 4. The predicted octanol–water partition coefficient (Wildman–Crippen LogP) is 12.0. The molecule has 4 nitrogen and oxygen atoms in total. The van der Waals surface area contributed by atoms with Crippen molar-refractivity contribution in [3.63, 3.8) is 0 Å². The van der Waals surface area contributed by atoms with Gasteiger partial charge in [0.15, 0.2) is 5.82 Å². The number of nitrogens with zero attached hydrogens (tertiary/aromatic N) is 2. The first kappa shape index (κ1) is 26.7. The van der Waals surface area contributed by atoms with Gasteiger partial charge in [-0.3, -0.25) is 0 Å². The lowest BCUT2D eigenvalue weighted by Crippen LogP contribution is -1.97. The second-order valence-electron chi connectivity index (χ2n) is 12.2. The molecule has 4 heteroatoms. The molecule has 0 atom stereocenters. The van der Waals surface area contributed by atoms with Gasteiger partial charge in [-0.05, 0) is 58.5 Å². The molecule has 0 saturated carbocycles. The van der Waals surface area contributed by atoms with E-state index in [-0.39, 0.29) is 0 Å². The molecule has 0 saturated heterocycles. The van der Waals surface area contributed by atoms with E-state index in [2.05, 4.69) is 97.1 Å². The fraction of sp³-hybridized carbons (Fsp3) is 0. The molecule has 0 amide bonds. The van der Waals surface area contributed by atoms with Crippen LogP contribution in [0.25, 0.3) is 88.9 Å². The second kappa shape index (κ2) is 10.5. The van der Waals surface area contributed by atoms with Gasteiger partial charge < -0.3 is 9.15 Å². The van der Waals surface area contributed by atoms with E-state index < -0.39 is 0 Å². The van der Waals surface area contributed by atoms with Crippen LogP contribution in [0.4, 0.5) is 0 Å². The Labute approximate surface area is 276 Å². The van der Waals surface area contributed by atoms with Gasteiger partial charge in [0.25, 0.3) is 0 Å². The summed E-state index contributed by atoms with van der Waals surface area (Å²) in [6.45, 7) is 0. The number of hydrogen-bond donors (Lipinski definition) is 0. The van der Waals surface area contributed by atoms with Crippen LogP contribution in [-0.4, -0.2) is 9.97 Å². The van der Waals surface area contributed by atoms with Gasteiger partial charge in [0.2, 0.25) is 0 Å². The van der Waals surface area contributed by atoms with Crippen LogP contribution < -0.4 is 4.74 Å². The Morgan fingerprint density at radius 3 is 2.02 bits per heavy atom. The number of para-hydroxylation sites is 2. The molecular weight excluding hydrogens is 588 g/mol. The van der Waals surface area contributed by atoms with Crippen molar-refractivity contribution in [2.75, 3.05) is 0 Å². The van der Waals surface area contributed by atoms with Crippen LogP contribution in [0.5, 0.6) is 11.5 Å². The first-order valence-electron chi connectivity index (χ1n) is 16.1. The number of benzene rings is 7. The minimum absolute atomic E-state index is 0.671. The summed E-state index contributed by atoms with van der Waals surface area (Å²) in [6, 6.07) is 54.3. The average Bonchev–Trinajstić information content (AvgIpc) is 3.54. The number of fused-ring (bicyclic) bond motifs is 5. The van der Waals surface area contributed by atoms with E-state index in [1.807, 2.05) is 60.7 Å². The van der Waals surface area contributed by atoms with Crippen molar-refractivity contribution in [2.45, 2.75) is 0 Å². The molecule has 2 aromatic heterocycles. The Hall–Kier alpha value is -6.52. The molecule has 0 N–H and O–H groups in total. The van der Waals surface area contributed by atoms with Crippen molar-refractivity contribution < 1.29 is 9.15 Å². The third kappa shape index (κ3) is 4.24. The molecule has 9 aromatic rings. The van der Waals surface area contributed by atoms with Gasteiger partial charge in [-0.2, -0.15) is 0 Å². The summed E-state index contributed by atoms with van der Waals surface area (Å²) in [5, 5.41) is 4.51. The first-order valence-corrected chi connectivity index (χ1v) is 16.1. The molecule has 224 valence electrons. The Kier molecular flexibility index (Phi) is 5.84. The fourth-order valence-electron chi connectivity index (χ4n) is 6.98. The van der Waals surface area contributed by atoms with Crippen molar-refractivity contribution in [3.8, 4) is 67.7 Å². The highest BCUT2D eigenvalue weighted by atomic mass is 16.5. The highest BCUT2D eigenvalue weighted by molar-refractivity contribution is 6.09. The van der Waals surface area contributed by atoms with Crippen molar-refractivity contribution in [2.24, 2.45) is 0 Å². The van der Waals surface area contributed by atoms with Crippen molar-refractivity contribution in [3.05, 3.63) is 158 Å². The molecule has 7 aromatic carbocycles. The Balaban J connectivity index is 1.08. The highest BCUT2D eigenvalue weighted by Crippen LogP contribution is 2.47. The van der Waals surface area contributed by atoms with Crippen molar-refractivity contribution in [1.29, 1.82) is 0 Å². The maximum absolute atomic E-state index is 6.40. The molecule has 3 heterocycles. The third-order valence-corrected chi connectivity index (χ3v) is 9.31. The molecule has 1 aliphatic rings. The quantitative estimate of drug-likeness (QED) is 0.198. The van der Waals surface area contributed by atoms with Gasteiger partial charge in [0.05, 0.1) is 11.4 Å². The minimum atomic E-state index is 0.671. The largest absolute Gasteiger partial charge is 0.456 e. The number of rotatable bonds is 4. The van der Waals surface area contributed by atoms with Crippen LogP contribution in [-0.2, 0) is 0 Å². The number of aromatic nitrogens is 2. The molecule has 0 radical (unpaired) electrons. The lowest BCUT2D eigenvalue weighted by molar-refractivity contribution is 0.487. The third-order valence-electron chi connectivity index (χ3n) is 9.31. The molecular formula is C44H26N2O2. The molecule has 48 heavy (non-hydrogen) atoms. The highest BCUT2D eigenvalue weighted by Gasteiger charge is 2.21. The molecule has 0 unspecified atom stereocenters. The normalized spacial score (nSPS) is 11.9. The Bertz CT molecular complexity index is 2690. The summed E-state index contributed by atoms with van der Waals surface area (Å²) in [6.07, 6.45) is 0. The Morgan fingerprint density at radius 2 is 1.12 bits per heavy atom. The van der Waals surface area contributed by atoms with Gasteiger partial charge >= 0.3 is 0 Å². The van der Waals surface area contributed by atoms with E-state index in [4.69, 9.17) is 19.1 Å². The van der Waals surface area contributed by atoms with Crippen LogP contribution in [0.1, 0.15) is 0 Å². The van der Waals surface area contributed by atoms with E-state index >= 15 is 0 Å². The lowest BCUT2D eigenvalue weighted by atomic mass is 9.92.